The summed E-state index contributed by atoms with van der Waals surface area (Å²) < 4.78 is 0. The van der Waals surface area contributed by atoms with Gasteiger partial charge in [-0.1, -0.05) is 0 Å². The molecule has 0 spiro atoms. The third-order valence-electron chi connectivity index (χ3n) is 7.41. The number of fused-ring (bicyclic) bond motifs is 3. The molecule has 17 heavy (non-hydrogen) atoms. The Hall–Kier alpha value is 0. The fourth-order valence-corrected chi connectivity index (χ4v) is 7.24. The minimum Gasteiger partial charge on any atom is -0.0499 e. The van der Waals surface area contributed by atoms with E-state index < -0.39 is 0 Å². The summed E-state index contributed by atoms with van der Waals surface area (Å²) in [5.74, 6) is 7.75. The third kappa shape index (κ3) is 1.21. The lowest BCUT2D eigenvalue weighted by Gasteiger charge is -2.59. The van der Waals surface area contributed by atoms with Crippen molar-refractivity contribution in [1.29, 1.82) is 0 Å². The zero-order valence-electron chi connectivity index (χ0n) is 11.0. The summed E-state index contributed by atoms with van der Waals surface area (Å²) in [6.07, 6.45) is 16.0. The summed E-state index contributed by atoms with van der Waals surface area (Å²) in [5, 5.41) is 0. The van der Waals surface area contributed by atoms with E-state index in [0.717, 1.165) is 35.0 Å². The summed E-state index contributed by atoms with van der Waals surface area (Å²) in [4.78, 5) is 0. The lowest BCUT2D eigenvalue weighted by Crippen LogP contribution is -2.49. The molecule has 0 aliphatic heterocycles. The van der Waals surface area contributed by atoms with E-state index in [4.69, 9.17) is 0 Å². The second-order valence-corrected chi connectivity index (χ2v) is 8.25. The quantitative estimate of drug-likeness (QED) is 0.616. The average molecular weight is 229 g/mol. The standard InChI is InChI=1S/C17H25/c1-3-17(4-2-11(1)10-17)16-14-6-12-5-13(8-14)9-15(16)7-12/h11-14,16H,1-10H2. The Morgan fingerprint density at radius 3 is 2.06 bits per heavy atom. The highest BCUT2D eigenvalue weighted by atomic mass is 14.6. The molecule has 6 fully saturated rings. The molecule has 93 valence electrons. The summed E-state index contributed by atoms with van der Waals surface area (Å²) >= 11 is 0. The van der Waals surface area contributed by atoms with Crippen molar-refractivity contribution >= 4 is 0 Å². The fraction of sp³-hybridized carbons (Fsp3) is 0.941. The Bertz CT molecular complexity index is 306. The maximum atomic E-state index is 2.08. The van der Waals surface area contributed by atoms with Crippen molar-refractivity contribution in [2.75, 3.05) is 0 Å². The predicted octanol–water partition coefficient (Wildman–Crippen LogP) is 4.60. The van der Waals surface area contributed by atoms with Gasteiger partial charge in [0.1, 0.15) is 0 Å². The molecule has 0 nitrogen and oxygen atoms in total. The van der Waals surface area contributed by atoms with Crippen LogP contribution in [0.3, 0.4) is 0 Å². The van der Waals surface area contributed by atoms with E-state index in [0.29, 0.717) is 0 Å². The van der Waals surface area contributed by atoms with Crippen LogP contribution in [0, 0.1) is 40.9 Å². The van der Waals surface area contributed by atoms with Gasteiger partial charge in [-0.15, -0.1) is 0 Å². The van der Waals surface area contributed by atoms with Crippen molar-refractivity contribution in [3.8, 4) is 0 Å². The first-order chi connectivity index (χ1) is 8.32. The van der Waals surface area contributed by atoms with Crippen LogP contribution in [0.15, 0.2) is 0 Å². The minimum absolute atomic E-state index is 0.845. The van der Waals surface area contributed by atoms with Crippen molar-refractivity contribution in [1.82, 2.24) is 0 Å². The van der Waals surface area contributed by atoms with E-state index in [9.17, 15) is 0 Å². The van der Waals surface area contributed by atoms with Gasteiger partial charge in [0.15, 0.2) is 0 Å². The van der Waals surface area contributed by atoms with Gasteiger partial charge in [-0.05, 0) is 105 Å². The van der Waals surface area contributed by atoms with E-state index in [2.05, 4.69) is 5.92 Å². The molecule has 6 rings (SSSR count). The summed E-state index contributed by atoms with van der Waals surface area (Å²) in [6, 6.07) is 0. The van der Waals surface area contributed by atoms with Gasteiger partial charge >= 0.3 is 0 Å². The van der Waals surface area contributed by atoms with Crippen LogP contribution in [0.25, 0.3) is 0 Å². The van der Waals surface area contributed by atoms with Crippen molar-refractivity contribution in [3.63, 3.8) is 0 Å². The molecule has 0 saturated heterocycles. The smallest absolute Gasteiger partial charge is 0.0196 e. The van der Waals surface area contributed by atoms with Crippen LogP contribution in [0.2, 0.25) is 0 Å². The van der Waals surface area contributed by atoms with E-state index in [1.165, 1.54) is 0 Å². The van der Waals surface area contributed by atoms with Crippen LogP contribution in [0.1, 0.15) is 64.2 Å². The zero-order valence-corrected chi connectivity index (χ0v) is 11.0. The highest BCUT2D eigenvalue weighted by Crippen LogP contribution is 2.69. The van der Waals surface area contributed by atoms with E-state index in [1.54, 1.807) is 64.2 Å². The Labute approximate surface area is 106 Å². The first kappa shape index (κ1) is 9.87. The topological polar surface area (TPSA) is 0 Å². The first-order valence-electron chi connectivity index (χ1n) is 8.17. The molecule has 3 unspecified atom stereocenters. The number of hydrogen-bond acceptors (Lipinski definition) is 0. The molecule has 3 atom stereocenters. The zero-order chi connectivity index (χ0) is 11.0. The Kier molecular flexibility index (Phi) is 1.81. The molecule has 0 aromatic carbocycles. The van der Waals surface area contributed by atoms with Crippen LogP contribution < -0.4 is 0 Å². The molecule has 0 heteroatoms. The molecular formula is C17H25. The molecule has 0 amide bonds. The van der Waals surface area contributed by atoms with E-state index in [-0.39, 0.29) is 0 Å². The molecule has 6 aliphatic rings. The second kappa shape index (κ2) is 3.11. The molecule has 1 radical (unpaired) electrons. The average Bonchev–Trinajstić information content (AvgIpc) is 2.88. The van der Waals surface area contributed by atoms with Crippen molar-refractivity contribution in [2.24, 2.45) is 35.0 Å². The Morgan fingerprint density at radius 1 is 0.824 bits per heavy atom. The van der Waals surface area contributed by atoms with E-state index in [1.807, 2.05) is 0 Å². The molecule has 6 aliphatic carbocycles. The van der Waals surface area contributed by atoms with Crippen molar-refractivity contribution < 1.29 is 0 Å². The van der Waals surface area contributed by atoms with Gasteiger partial charge in [0, 0.05) is 0 Å². The van der Waals surface area contributed by atoms with Gasteiger partial charge in [0.05, 0.1) is 0 Å². The highest BCUT2D eigenvalue weighted by Gasteiger charge is 2.59. The summed E-state index contributed by atoms with van der Waals surface area (Å²) in [6.45, 7) is 0. The largest absolute Gasteiger partial charge is 0.0499 e. The molecular weight excluding hydrogens is 204 g/mol. The maximum Gasteiger partial charge on any atom is -0.0196 e. The first-order valence-corrected chi connectivity index (χ1v) is 8.17. The Balaban J connectivity index is 1.51. The Morgan fingerprint density at radius 2 is 1.53 bits per heavy atom. The van der Waals surface area contributed by atoms with Gasteiger partial charge in [0.25, 0.3) is 0 Å². The van der Waals surface area contributed by atoms with Gasteiger partial charge in [-0.3, -0.25) is 0 Å². The van der Waals surface area contributed by atoms with Crippen molar-refractivity contribution in [2.45, 2.75) is 64.2 Å². The SMILES string of the molecule is C1CC2(C3[C]4CC5CC(C4)CC3C5)CCC1C2. The van der Waals surface area contributed by atoms with Crippen LogP contribution in [0.4, 0.5) is 0 Å². The summed E-state index contributed by atoms with van der Waals surface area (Å²) in [5.41, 5.74) is 0.845. The third-order valence-corrected chi connectivity index (χ3v) is 7.41. The molecule has 6 saturated carbocycles. The van der Waals surface area contributed by atoms with Gasteiger partial charge in [0.2, 0.25) is 0 Å². The minimum atomic E-state index is 0.845. The summed E-state index contributed by atoms with van der Waals surface area (Å²) in [7, 11) is 0. The van der Waals surface area contributed by atoms with Crippen molar-refractivity contribution in [3.05, 3.63) is 5.92 Å². The fourth-order valence-electron chi connectivity index (χ4n) is 7.24. The lowest BCUT2D eigenvalue weighted by molar-refractivity contribution is -0.0228. The number of rotatable bonds is 1. The molecule has 6 bridgehead atoms. The monoisotopic (exact) mass is 229 g/mol. The van der Waals surface area contributed by atoms with Crippen LogP contribution in [-0.2, 0) is 0 Å². The van der Waals surface area contributed by atoms with Gasteiger partial charge < -0.3 is 0 Å². The van der Waals surface area contributed by atoms with Crippen LogP contribution >= 0.6 is 0 Å². The number of hydrogen-bond donors (Lipinski definition) is 0. The van der Waals surface area contributed by atoms with Crippen LogP contribution in [-0.4, -0.2) is 0 Å². The maximum absolute atomic E-state index is 2.08. The molecule has 0 N–H and O–H groups in total. The molecule has 0 heterocycles. The van der Waals surface area contributed by atoms with Crippen LogP contribution in [0.5, 0.6) is 0 Å². The van der Waals surface area contributed by atoms with Gasteiger partial charge in [-0.25, -0.2) is 0 Å². The lowest BCUT2D eigenvalue weighted by atomic mass is 9.46. The van der Waals surface area contributed by atoms with Gasteiger partial charge in [-0.2, -0.15) is 0 Å². The second-order valence-electron chi connectivity index (χ2n) is 8.25. The molecule has 0 aromatic rings. The van der Waals surface area contributed by atoms with E-state index >= 15 is 0 Å². The predicted molar refractivity (Wildman–Crippen MR) is 69.3 cm³/mol. The highest BCUT2D eigenvalue weighted by molar-refractivity contribution is 5.19. The normalized spacial score (nSPS) is 60.4. The molecule has 0 aromatic heterocycles.